The summed E-state index contributed by atoms with van der Waals surface area (Å²) in [6, 6.07) is 42.2. The van der Waals surface area contributed by atoms with Crippen LogP contribution >= 0.6 is 0 Å². The molecule has 0 aliphatic heterocycles. The summed E-state index contributed by atoms with van der Waals surface area (Å²) in [5.74, 6) is -0.0549. The number of fused-ring (bicyclic) bond motifs is 9. The summed E-state index contributed by atoms with van der Waals surface area (Å²) < 4.78 is 5.91. The summed E-state index contributed by atoms with van der Waals surface area (Å²) in [5, 5.41) is 27.1. The van der Waals surface area contributed by atoms with Crippen molar-refractivity contribution < 1.29 is 4.42 Å². The highest BCUT2D eigenvalue weighted by atomic mass is 16.3. The summed E-state index contributed by atoms with van der Waals surface area (Å²) in [6.07, 6.45) is 0. The van der Waals surface area contributed by atoms with Gasteiger partial charge in [0.1, 0.15) is 23.2 Å². The predicted octanol–water partition coefficient (Wildman–Crippen LogP) is 8.91. The molecule has 8 aromatic rings. The van der Waals surface area contributed by atoms with Crippen molar-refractivity contribution in [2.45, 2.75) is 0 Å². The molecular weight excluding hydrogens is 504 g/mol. The van der Waals surface area contributed by atoms with Gasteiger partial charge in [0.2, 0.25) is 5.82 Å². The summed E-state index contributed by atoms with van der Waals surface area (Å²) in [5.41, 5.74) is 5.68. The van der Waals surface area contributed by atoms with Gasteiger partial charge in [0, 0.05) is 5.39 Å². The van der Waals surface area contributed by atoms with Crippen LogP contribution in [0.25, 0.3) is 76.6 Å². The number of hydrogen-bond donors (Lipinski definition) is 0. The molecule has 0 aliphatic carbocycles. The number of furan rings is 1. The molecule has 0 amide bonds. The average molecular weight is 523 g/mol. The first kappa shape index (κ1) is 22.9. The lowest BCUT2D eigenvalue weighted by atomic mass is 9.91. The second-order valence-corrected chi connectivity index (χ2v) is 10.0. The molecule has 0 atom stereocenters. The van der Waals surface area contributed by atoms with E-state index in [0.29, 0.717) is 16.7 Å². The van der Waals surface area contributed by atoms with E-state index in [9.17, 15) is 10.5 Å². The van der Waals surface area contributed by atoms with E-state index in [1.54, 1.807) is 0 Å². The van der Waals surface area contributed by atoms with Crippen molar-refractivity contribution in [3.63, 3.8) is 0 Å². The van der Waals surface area contributed by atoms with Gasteiger partial charge in [-0.05, 0) is 78.8 Å². The molecule has 0 aliphatic rings. The number of benzene rings is 6. The molecule has 5 nitrogen and oxygen atoms in total. The topological polar surface area (TPSA) is 86.5 Å². The lowest BCUT2D eigenvalue weighted by Crippen LogP contribution is -1.93. The molecule has 188 valence electrons. The summed E-state index contributed by atoms with van der Waals surface area (Å²) in [4.78, 5) is 8.34. The third-order valence-electron chi connectivity index (χ3n) is 7.79. The average Bonchev–Trinajstić information content (AvgIpc) is 3.42. The van der Waals surface area contributed by atoms with Crippen molar-refractivity contribution in [2.24, 2.45) is 0 Å². The first-order chi connectivity index (χ1) is 20.2. The van der Waals surface area contributed by atoms with Gasteiger partial charge < -0.3 is 4.42 Å². The Bertz CT molecular complexity index is 2420. The largest absolute Gasteiger partial charge is 0.451 e. The van der Waals surface area contributed by atoms with Gasteiger partial charge >= 0.3 is 0 Å². The fourth-order valence-electron chi connectivity index (χ4n) is 5.91. The molecule has 6 aromatic carbocycles. The molecule has 0 spiro atoms. The molecule has 0 saturated carbocycles. The molecule has 0 radical (unpaired) electrons. The number of nitriles is 2. The fraction of sp³-hybridized carbons (Fsp3) is 0. The molecule has 0 unspecified atom stereocenters. The van der Waals surface area contributed by atoms with Gasteiger partial charge in [-0.25, -0.2) is 9.97 Å². The van der Waals surface area contributed by atoms with E-state index in [4.69, 9.17) is 4.42 Å². The van der Waals surface area contributed by atoms with E-state index in [1.165, 1.54) is 32.3 Å². The lowest BCUT2D eigenvalue weighted by Gasteiger charge is -2.12. The standard InChI is InChI=1S/C36H18N4O/c37-19-32-36-35(40-34(20-38)39-32)31-18-24(13-15-33(31)41-36)22-7-5-6-21(16-22)23-12-14-29-27-10-2-1-8-25(27)26-9-3-4-11-28(26)30(29)17-23/h1-18H. The van der Waals surface area contributed by atoms with Crippen LogP contribution in [0.2, 0.25) is 0 Å². The molecule has 2 heterocycles. The fourth-order valence-corrected chi connectivity index (χ4v) is 5.91. The number of aromatic nitrogens is 2. The number of nitrogens with zero attached hydrogens (tertiary/aromatic N) is 4. The van der Waals surface area contributed by atoms with Gasteiger partial charge in [-0.1, -0.05) is 84.9 Å². The minimum absolute atomic E-state index is 0.0549. The first-order valence-corrected chi connectivity index (χ1v) is 13.2. The molecule has 8 rings (SSSR count). The second-order valence-electron chi connectivity index (χ2n) is 10.0. The number of rotatable bonds is 2. The molecule has 0 fully saturated rings. The minimum atomic E-state index is -0.0549. The Balaban J connectivity index is 1.29. The van der Waals surface area contributed by atoms with Gasteiger partial charge in [-0.15, -0.1) is 0 Å². The predicted molar refractivity (Wildman–Crippen MR) is 162 cm³/mol. The highest BCUT2D eigenvalue weighted by molar-refractivity contribution is 6.25. The van der Waals surface area contributed by atoms with Crippen LogP contribution in [0.15, 0.2) is 114 Å². The Kier molecular flexibility index (Phi) is 4.88. The van der Waals surface area contributed by atoms with Crippen LogP contribution < -0.4 is 0 Å². The SMILES string of the molecule is N#Cc1nc(C#N)c2oc3ccc(-c4cccc(-c5ccc6c7ccccc7c7ccccc7c6c5)c4)cc3c2n1. The van der Waals surface area contributed by atoms with Gasteiger partial charge in [-0.3, -0.25) is 0 Å². The zero-order valence-electron chi connectivity index (χ0n) is 21.6. The van der Waals surface area contributed by atoms with Crippen molar-refractivity contribution in [3.05, 3.63) is 121 Å². The van der Waals surface area contributed by atoms with Gasteiger partial charge in [0.05, 0.1) is 0 Å². The number of hydrogen-bond acceptors (Lipinski definition) is 5. The quantitative estimate of drug-likeness (QED) is 0.212. The van der Waals surface area contributed by atoms with Crippen LogP contribution in [0.5, 0.6) is 0 Å². The Morgan fingerprint density at radius 2 is 1.05 bits per heavy atom. The van der Waals surface area contributed by atoms with Crippen molar-refractivity contribution in [3.8, 4) is 34.4 Å². The zero-order chi connectivity index (χ0) is 27.5. The molecule has 0 saturated heterocycles. The Hall–Kier alpha value is -6.04. The van der Waals surface area contributed by atoms with Gasteiger partial charge in [-0.2, -0.15) is 10.5 Å². The minimum Gasteiger partial charge on any atom is -0.451 e. The smallest absolute Gasteiger partial charge is 0.234 e. The summed E-state index contributed by atoms with van der Waals surface area (Å²) >= 11 is 0. The van der Waals surface area contributed by atoms with Gasteiger partial charge in [0.25, 0.3) is 0 Å². The van der Waals surface area contributed by atoms with E-state index in [-0.39, 0.29) is 11.5 Å². The maximum Gasteiger partial charge on any atom is 0.234 e. The molecule has 41 heavy (non-hydrogen) atoms. The van der Waals surface area contributed by atoms with E-state index < -0.39 is 0 Å². The monoisotopic (exact) mass is 522 g/mol. The van der Waals surface area contributed by atoms with Crippen LogP contribution in [0.3, 0.4) is 0 Å². The van der Waals surface area contributed by atoms with Crippen molar-refractivity contribution >= 4 is 54.4 Å². The maximum atomic E-state index is 9.52. The van der Waals surface area contributed by atoms with Crippen molar-refractivity contribution in [1.29, 1.82) is 10.5 Å². The molecule has 0 bridgehead atoms. The normalized spacial score (nSPS) is 11.4. The van der Waals surface area contributed by atoms with Crippen molar-refractivity contribution in [2.75, 3.05) is 0 Å². The van der Waals surface area contributed by atoms with Crippen LogP contribution in [0, 0.1) is 22.7 Å². The highest BCUT2D eigenvalue weighted by Crippen LogP contribution is 2.38. The molecule has 5 heteroatoms. The lowest BCUT2D eigenvalue weighted by molar-refractivity contribution is 0.663. The second kappa shape index (κ2) is 8.74. The third-order valence-corrected chi connectivity index (χ3v) is 7.79. The maximum absolute atomic E-state index is 9.52. The third kappa shape index (κ3) is 3.47. The van der Waals surface area contributed by atoms with Crippen molar-refractivity contribution in [1.82, 2.24) is 9.97 Å². The molecular formula is C36H18N4O. The molecule has 2 aromatic heterocycles. The summed E-state index contributed by atoms with van der Waals surface area (Å²) in [7, 11) is 0. The van der Waals surface area contributed by atoms with E-state index in [2.05, 4.69) is 101 Å². The highest BCUT2D eigenvalue weighted by Gasteiger charge is 2.17. The molecule has 0 N–H and O–H groups in total. The Morgan fingerprint density at radius 3 is 1.68 bits per heavy atom. The van der Waals surface area contributed by atoms with E-state index >= 15 is 0 Å². The van der Waals surface area contributed by atoms with E-state index in [1.807, 2.05) is 30.3 Å². The zero-order valence-corrected chi connectivity index (χ0v) is 21.6. The van der Waals surface area contributed by atoms with Crippen LogP contribution in [0.1, 0.15) is 11.5 Å². The van der Waals surface area contributed by atoms with Crippen LogP contribution in [0.4, 0.5) is 0 Å². The Labute approximate surface area is 234 Å². The summed E-state index contributed by atoms with van der Waals surface area (Å²) in [6.45, 7) is 0. The van der Waals surface area contributed by atoms with Crippen LogP contribution in [-0.2, 0) is 0 Å². The Morgan fingerprint density at radius 1 is 0.488 bits per heavy atom. The first-order valence-electron chi connectivity index (χ1n) is 13.2. The van der Waals surface area contributed by atoms with E-state index in [0.717, 1.165) is 27.6 Å². The van der Waals surface area contributed by atoms with Crippen LogP contribution in [-0.4, -0.2) is 9.97 Å². The van der Waals surface area contributed by atoms with Gasteiger partial charge in [0.15, 0.2) is 11.3 Å².